The first-order chi connectivity index (χ1) is 9.20. The lowest BCUT2D eigenvalue weighted by Gasteiger charge is -2.27. The van der Waals surface area contributed by atoms with Crippen molar-refractivity contribution in [2.45, 2.75) is 31.7 Å². The van der Waals surface area contributed by atoms with E-state index in [0.29, 0.717) is 5.56 Å². The number of methoxy groups -OCH3 is 1. The standard InChI is InChI=1S/C15H19NO3/c1-19-15(18)12-7-9-13(10-8-12)16-14(17)11-5-3-2-4-6-11/h2-6,12-13H,7-10H2,1H3,(H,16,17)/t12-,13-. The summed E-state index contributed by atoms with van der Waals surface area (Å²) >= 11 is 0. The molecule has 1 aromatic carbocycles. The zero-order valence-corrected chi connectivity index (χ0v) is 11.1. The third kappa shape index (κ3) is 3.56. The Labute approximate surface area is 113 Å². The van der Waals surface area contributed by atoms with E-state index in [1.165, 1.54) is 7.11 Å². The van der Waals surface area contributed by atoms with E-state index >= 15 is 0 Å². The molecule has 2 rings (SSSR count). The SMILES string of the molecule is COC(=O)[C@H]1CC[C@H](NC(=O)c2ccccc2)CC1. The summed E-state index contributed by atoms with van der Waals surface area (Å²) in [6.45, 7) is 0. The Bertz CT molecular complexity index is 436. The van der Waals surface area contributed by atoms with E-state index in [0.717, 1.165) is 25.7 Å². The number of carbonyl (C=O) groups excluding carboxylic acids is 2. The van der Waals surface area contributed by atoms with Gasteiger partial charge >= 0.3 is 5.97 Å². The lowest BCUT2D eigenvalue weighted by Crippen LogP contribution is -2.38. The molecular formula is C15H19NO3. The van der Waals surface area contributed by atoms with Crippen molar-refractivity contribution in [2.24, 2.45) is 5.92 Å². The van der Waals surface area contributed by atoms with Crippen LogP contribution in [0.15, 0.2) is 30.3 Å². The molecule has 4 nitrogen and oxygen atoms in total. The minimum atomic E-state index is -0.132. The van der Waals surface area contributed by atoms with E-state index in [4.69, 9.17) is 4.74 Å². The van der Waals surface area contributed by atoms with Gasteiger partial charge in [0.05, 0.1) is 13.0 Å². The summed E-state index contributed by atoms with van der Waals surface area (Å²) in [5, 5.41) is 3.02. The normalized spacial score (nSPS) is 22.6. The number of carbonyl (C=O) groups is 2. The molecule has 0 unspecified atom stereocenters. The molecule has 4 heteroatoms. The van der Waals surface area contributed by atoms with Crippen LogP contribution in [0.1, 0.15) is 36.0 Å². The number of hydrogen-bond acceptors (Lipinski definition) is 3. The molecule has 0 atom stereocenters. The van der Waals surface area contributed by atoms with Crippen LogP contribution in [0.25, 0.3) is 0 Å². The summed E-state index contributed by atoms with van der Waals surface area (Å²) in [5.74, 6) is -0.176. The maximum absolute atomic E-state index is 12.0. The summed E-state index contributed by atoms with van der Waals surface area (Å²) in [5.41, 5.74) is 0.678. The average molecular weight is 261 g/mol. The van der Waals surface area contributed by atoms with Crippen LogP contribution >= 0.6 is 0 Å². The van der Waals surface area contributed by atoms with Gasteiger partial charge in [-0.3, -0.25) is 9.59 Å². The maximum Gasteiger partial charge on any atom is 0.308 e. The third-order valence-corrected chi connectivity index (χ3v) is 3.63. The molecule has 0 spiro atoms. The van der Waals surface area contributed by atoms with Crippen LogP contribution in [0, 0.1) is 5.92 Å². The molecule has 0 aliphatic heterocycles. The topological polar surface area (TPSA) is 55.4 Å². The van der Waals surface area contributed by atoms with Crippen LogP contribution in [0.2, 0.25) is 0 Å². The molecule has 19 heavy (non-hydrogen) atoms. The van der Waals surface area contributed by atoms with Crippen molar-refractivity contribution in [3.63, 3.8) is 0 Å². The Hall–Kier alpha value is -1.84. The molecule has 0 saturated heterocycles. The van der Waals surface area contributed by atoms with E-state index in [2.05, 4.69) is 5.32 Å². The van der Waals surface area contributed by atoms with Crippen molar-refractivity contribution < 1.29 is 14.3 Å². The van der Waals surface area contributed by atoms with Gasteiger partial charge in [0, 0.05) is 11.6 Å². The van der Waals surface area contributed by atoms with Crippen molar-refractivity contribution >= 4 is 11.9 Å². The van der Waals surface area contributed by atoms with Crippen LogP contribution in [-0.2, 0) is 9.53 Å². The Morgan fingerprint density at radius 1 is 1.11 bits per heavy atom. The van der Waals surface area contributed by atoms with Crippen LogP contribution < -0.4 is 5.32 Å². The van der Waals surface area contributed by atoms with Crippen molar-refractivity contribution in [1.82, 2.24) is 5.32 Å². The summed E-state index contributed by atoms with van der Waals surface area (Å²) in [6.07, 6.45) is 3.23. The largest absolute Gasteiger partial charge is 0.469 e. The first-order valence-electron chi connectivity index (χ1n) is 6.64. The highest BCUT2D eigenvalue weighted by atomic mass is 16.5. The van der Waals surface area contributed by atoms with Crippen LogP contribution in [0.3, 0.4) is 0 Å². The first-order valence-corrected chi connectivity index (χ1v) is 6.64. The first kappa shape index (κ1) is 13.6. The fourth-order valence-electron chi connectivity index (χ4n) is 2.50. The van der Waals surface area contributed by atoms with Gasteiger partial charge in [0.15, 0.2) is 0 Å². The Morgan fingerprint density at radius 2 is 1.74 bits per heavy atom. The minimum absolute atomic E-state index is 0.00474. The van der Waals surface area contributed by atoms with Gasteiger partial charge in [-0.15, -0.1) is 0 Å². The van der Waals surface area contributed by atoms with Crippen molar-refractivity contribution in [1.29, 1.82) is 0 Å². The lowest BCUT2D eigenvalue weighted by molar-refractivity contribution is -0.146. The van der Waals surface area contributed by atoms with Crippen molar-refractivity contribution in [3.8, 4) is 0 Å². The van der Waals surface area contributed by atoms with Crippen LogP contribution in [-0.4, -0.2) is 25.0 Å². The van der Waals surface area contributed by atoms with Gasteiger partial charge in [0.1, 0.15) is 0 Å². The average Bonchev–Trinajstić information content (AvgIpc) is 2.48. The monoisotopic (exact) mass is 261 g/mol. The summed E-state index contributed by atoms with van der Waals surface area (Å²) in [7, 11) is 1.42. The zero-order chi connectivity index (χ0) is 13.7. The molecule has 1 N–H and O–H groups in total. The number of hydrogen-bond donors (Lipinski definition) is 1. The number of rotatable bonds is 3. The smallest absolute Gasteiger partial charge is 0.308 e. The number of benzene rings is 1. The predicted molar refractivity (Wildman–Crippen MR) is 71.7 cm³/mol. The fourth-order valence-corrected chi connectivity index (χ4v) is 2.50. The number of esters is 1. The van der Waals surface area contributed by atoms with Gasteiger partial charge in [-0.1, -0.05) is 18.2 Å². The highest BCUT2D eigenvalue weighted by Gasteiger charge is 2.27. The van der Waals surface area contributed by atoms with Gasteiger partial charge in [0.2, 0.25) is 0 Å². The molecule has 1 saturated carbocycles. The van der Waals surface area contributed by atoms with Crippen LogP contribution in [0.4, 0.5) is 0 Å². The van der Waals surface area contributed by atoms with E-state index in [-0.39, 0.29) is 23.8 Å². The lowest BCUT2D eigenvalue weighted by atomic mass is 9.86. The molecule has 0 heterocycles. The molecule has 0 radical (unpaired) electrons. The number of amides is 1. The highest BCUT2D eigenvalue weighted by molar-refractivity contribution is 5.94. The molecule has 1 aliphatic rings. The summed E-state index contributed by atoms with van der Waals surface area (Å²) in [4.78, 5) is 23.4. The molecule has 1 aliphatic carbocycles. The quantitative estimate of drug-likeness (QED) is 0.848. The van der Waals surface area contributed by atoms with E-state index < -0.39 is 0 Å². The molecule has 1 aromatic rings. The van der Waals surface area contributed by atoms with Crippen LogP contribution in [0.5, 0.6) is 0 Å². The Morgan fingerprint density at radius 3 is 2.32 bits per heavy atom. The second-order valence-corrected chi connectivity index (χ2v) is 4.91. The molecule has 1 amide bonds. The van der Waals surface area contributed by atoms with Gasteiger partial charge in [-0.2, -0.15) is 0 Å². The second-order valence-electron chi connectivity index (χ2n) is 4.91. The fraction of sp³-hybridized carbons (Fsp3) is 0.467. The second kappa shape index (κ2) is 6.36. The van der Waals surface area contributed by atoms with Crippen molar-refractivity contribution in [2.75, 3.05) is 7.11 Å². The van der Waals surface area contributed by atoms with Gasteiger partial charge in [-0.05, 0) is 37.8 Å². The predicted octanol–water partition coefficient (Wildman–Crippen LogP) is 2.15. The molecular weight excluding hydrogens is 242 g/mol. The van der Waals surface area contributed by atoms with Crippen molar-refractivity contribution in [3.05, 3.63) is 35.9 Å². The zero-order valence-electron chi connectivity index (χ0n) is 11.1. The molecule has 102 valence electrons. The van der Waals surface area contributed by atoms with E-state index in [1.807, 2.05) is 18.2 Å². The van der Waals surface area contributed by atoms with Gasteiger partial charge in [0.25, 0.3) is 5.91 Å². The van der Waals surface area contributed by atoms with E-state index in [9.17, 15) is 9.59 Å². The van der Waals surface area contributed by atoms with Gasteiger partial charge < -0.3 is 10.1 Å². The summed E-state index contributed by atoms with van der Waals surface area (Å²) < 4.78 is 4.75. The maximum atomic E-state index is 12.0. The Balaban J connectivity index is 1.83. The third-order valence-electron chi connectivity index (χ3n) is 3.63. The number of nitrogens with one attached hydrogen (secondary N) is 1. The molecule has 0 bridgehead atoms. The van der Waals surface area contributed by atoms with Gasteiger partial charge in [-0.25, -0.2) is 0 Å². The minimum Gasteiger partial charge on any atom is -0.469 e. The Kier molecular flexibility index (Phi) is 4.55. The molecule has 1 fully saturated rings. The highest BCUT2D eigenvalue weighted by Crippen LogP contribution is 2.25. The summed E-state index contributed by atoms with van der Waals surface area (Å²) in [6, 6.07) is 9.35. The number of ether oxygens (including phenoxy) is 1. The van der Waals surface area contributed by atoms with E-state index in [1.54, 1.807) is 12.1 Å². The molecule has 0 aromatic heterocycles.